The van der Waals surface area contributed by atoms with Crippen molar-refractivity contribution in [2.45, 2.75) is 38.3 Å². The van der Waals surface area contributed by atoms with Crippen molar-refractivity contribution in [2.75, 3.05) is 19.7 Å². The molecule has 3 atom stereocenters. The first-order valence-electron chi connectivity index (χ1n) is 9.79. The van der Waals surface area contributed by atoms with Gasteiger partial charge in [-0.05, 0) is 54.7 Å². The minimum absolute atomic E-state index is 0.0401. The second-order valence-corrected chi connectivity index (χ2v) is 9.11. The Morgan fingerprint density at radius 1 is 1.21 bits per heavy atom. The average molecular weight is 393 g/mol. The molecule has 2 aliphatic heterocycles. The summed E-state index contributed by atoms with van der Waals surface area (Å²) in [4.78, 5) is 25.9. The van der Waals surface area contributed by atoms with Gasteiger partial charge in [0.05, 0.1) is 18.6 Å². The third-order valence-corrected chi connectivity index (χ3v) is 7.22. The normalized spacial score (nSPS) is 36.3. The van der Waals surface area contributed by atoms with Crippen LogP contribution >= 0.6 is 0 Å². The van der Waals surface area contributed by atoms with Crippen LogP contribution in [-0.4, -0.2) is 36.5 Å². The molecule has 0 aromatic heterocycles. The van der Waals surface area contributed by atoms with Gasteiger partial charge in [0, 0.05) is 24.4 Å². The molecule has 7 heteroatoms. The van der Waals surface area contributed by atoms with Gasteiger partial charge in [-0.25, -0.2) is 0 Å². The maximum absolute atomic E-state index is 13.2. The molecule has 0 N–H and O–H groups in total. The van der Waals surface area contributed by atoms with E-state index in [9.17, 15) is 22.8 Å². The van der Waals surface area contributed by atoms with E-state index in [2.05, 4.69) is 0 Å². The molecule has 0 radical (unpaired) electrons. The Morgan fingerprint density at radius 2 is 1.89 bits per heavy atom. The number of halogens is 3. The number of piperidine rings is 1. The van der Waals surface area contributed by atoms with Crippen LogP contribution in [-0.2, 0) is 20.5 Å². The number of carbonyl (C=O) groups is 2. The van der Waals surface area contributed by atoms with E-state index < -0.39 is 11.7 Å². The van der Waals surface area contributed by atoms with Gasteiger partial charge in [0.2, 0.25) is 5.91 Å². The number of nitrogens with zero attached hydrogens (tertiary/aromatic N) is 1. The van der Waals surface area contributed by atoms with Gasteiger partial charge < -0.3 is 9.64 Å². The topological polar surface area (TPSA) is 46.6 Å². The number of alkyl halides is 3. The van der Waals surface area contributed by atoms with E-state index in [0.29, 0.717) is 39.0 Å². The van der Waals surface area contributed by atoms with E-state index >= 15 is 0 Å². The summed E-state index contributed by atoms with van der Waals surface area (Å²) in [6.07, 6.45) is -2.50. The molecule has 1 unspecified atom stereocenters. The van der Waals surface area contributed by atoms with Crippen LogP contribution in [0.3, 0.4) is 0 Å². The highest BCUT2D eigenvalue weighted by atomic mass is 19.4. The molecule has 2 saturated carbocycles. The first kappa shape index (κ1) is 18.0. The zero-order chi connectivity index (χ0) is 19.8. The third kappa shape index (κ3) is 2.73. The molecule has 2 saturated heterocycles. The molecular formula is C21H22F3NO3. The maximum Gasteiger partial charge on any atom is 0.416 e. The van der Waals surface area contributed by atoms with Gasteiger partial charge >= 0.3 is 12.1 Å². The van der Waals surface area contributed by atoms with Gasteiger partial charge in [0.25, 0.3) is 0 Å². The van der Waals surface area contributed by atoms with E-state index in [4.69, 9.17) is 4.74 Å². The van der Waals surface area contributed by atoms with Crippen molar-refractivity contribution in [3.05, 3.63) is 34.9 Å². The van der Waals surface area contributed by atoms with Gasteiger partial charge in [0.1, 0.15) is 0 Å². The Kier molecular flexibility index (Phi) is 3.69. The van der Waals surface area contributed by atoms with Crippen LogP contribution in [0.5, 0.6) is 0 Å². The van der Waals surface area contributed by atoms with Crippen molar-refractivity contribution in [2.24, 2.45) is 23.2 Å². The Balaban J connectivity index is 1.20. The zero-order valence-corrected chi connectivity index (χ0v) is 15.6. The summed E-state index contributed by atoms with van der Waals surface area (Å²) in [7, 11) is 0. The van der Waals surface area contributed by atoms with Gasteiger partial charge in [-0.1, -0.05) is 12.1 Å². The largest absolute Gasteiger partial charge is 0.465 e. The number of aryl methyl sites for hydroxylation is 1. The van der Waals surface area contributed by atoms with Gasteiger partial charge in [-0.2, -0.15) is 13.2 Å². The molecule has 4 nitrogen and oxygen atoms in total. The number of ether oxygens (including phenoxy) is 1. The van der Waals surface area contributed by atoms with Crippen LogP contribution in [0.15, 0.2) is 18.2 Å². The number of benzene rings is 1. The van der Waals surface area contributed by atoms with Crippen molar-refractivity contribution in [3.63, 3.8) is 0 Å². The minimum atomic E-state index is -4.34. The number of hydrogen-bond donors (Lipinski definition) is 0. The van der Waals surface area contributed by atoms with Crippen molar-refractivity contribution >= 4 is 11.9 Å². The molecule has 4 fully saturated rings. The van der Waals surface area contributed by atoms with Crippen LogP contribution in [0.25, 0.3) is 0 Å². The molecule has 150 valence electrons. The summed E-state index contributed by atoms with van der Waals surface area (Å²) >= 11 is 0. The minimum Gasteiger partial charge on any atom is -0.465 e. The zero-order valence-electron chi connectivity index (χ0n) is 15.6. The van der Waals surface area contributed by atoms with Crippen LogP contribution in [0, 0.1) is 30.1 Å². The fourth-order valence-corrected chi connectivity index (χ4v) is 5.68. The molecular weight excluding hydrogens is 371 g/mol. The third-order valence-electron chi connectivity index (χ3n) is 7.22. The molecule has 2 aliphatic carbocycles. The van der Waals surface area contributed by atoms with Crippen molar-refractivity contribution < 1.29 is 27.5 Å². The predicted octanol–water partition coefficient (Wildman–Crippen LogP) is 3.53. The quantitative estimate of drug-likeness (QED) is 0.723. The van der Waals surface area contributed by atoms with E-state index in [1.807, 2.05) is 4.90 Å². The summed E-state index contributed by atoms with van der Waals surface area (Å²) in [5, 5.41) is 0. The molecule has 1 aromatic carbocycles. The van der Waals surface area contributed by atoms with E-state index in [0.717, 1.165) is 5.56 Å². The Labute approximate surface area is 161 Å². The molecule has 4 aliphatic rings. The lowest BCUT2D eigenvalue weighted by Gasteiger charge is -2.43. The highest BCUT2D eigenvalue weighted by Crippen LogP contribution is 2.60. The standard InChI is InChI=1S/C21H22F3NO3/c1-11-2-3-12(4-16(11)21(22,23)24)18-14-8-25(9-15(14)18)19(27)13-5-20(6-13)7-17(26)28-10-20/h2-4,13-15,18H,5-10H2,1H3/t13?,14-,15+,18?,20?. The fourth-order valence-electron chi connectivity index (χ4n) is 5.68. The number of fused-ring (bicyclic) bond motifs is 1. The van der Waals surface area contributed by atoms with Crippen LogP contribution in [0.2, 0.25) is 0 Å². The molecule has 1 amide bonds. The summed E-state index contributed by atoms with van der Waals surface area (Å²) in [6, 6.07) is 4.64. The summed E-state index contributed by atoms with van der Waals surface area (Å²) < 4.78 is 44.6. The van der Waals surface area contributed by atoms with Gasteiger partial charge in [0.15, 0.2) is 0 Å². The SMILES string of the molecule is Cc1ccc(C2[C@H]3CN(C(=O)C4CC5(COC(=O)C5)C4)C[C@@H]23)cc1C(F)(F)F. The van der Waals surface area contributed by atoms with Gasteiger partial charge in [-0.3, -0.25) is 9.59 Å². The number of hydrogen-bond acceptors (Lipinski definition) is 3. The number of carbonyl (C=O) groups excluding carboxylic acids is 2. The first-order chi connectivity index (χ1) is 13.2. The number of rotatable bonds is 2. The number of likely N-dealkylation sites (tertiary alicyclic amines) is 1. The van der Waals surface area contributed by atoms with Crippen LogP contribution < -0.4 is 0 Å². The monoisotopic (exact) mass is 393 g/mol. The Morgan fingerprint density at radius 3 is 2.46 bits per heavy atom. The lowest BCUT2D eigenvalue weighted by atomic mass is 9.61. The highest BCUT2D eigenvalue weighted by Gasteiger charge is 2.59. The Hall–Kier alpha value is -2.05. The van der Waals surface area contributed by atoms with Crippen molar-refractivity contribution in [1.29, 1.82) is 0 Å². The summed E-state index contributed by atoms with van der Waals surface area (Å²) in [6.45, 7) is 3.16. The van der Waals surface area contributed by atoms with Crippen molar-refractivity contribution in [3.8, 4) is 0 Å². The molecule has 0 bridgehead atoms. The predicted molar refractivity (Wildman–Crippen MR) is 93.2 cm³/mol. The lowest BCUT2D eigenvalue weighted by Crippen LogP contribution is -2.47. The number of esters is 1. The molecule has 28 heavy (non-hydrogen) atoms. The smallest absolute Gasteiger partial charge is 0.416 e. The number of amides is 1. The average Bonchev–Trinajstić information content (AvgIpc) is 2.93. The highest BCUT2D eigenvalue weighted by molar-refractivity contribution is 5.82. The summed E-state index contributed by atoms with van der Waals surface area (Å²) in [5.41, 5.74) is 0.297. The van der Waals surface area contributed by atoms with Crippen molar-refractivity contribution in [1.82, 2.24) is 4.90 Å². The molecule has 1 spiro atoms. The number of cyclic esters (lactones) is 1. The Bertz CT molecular complexity index is 847. The van der Waals surface area contributed by atoms with Crippen LogP contribution in [0.1, 0.15) is 41.9 Å². The maximum atomic E-state index is 13.2. The van der Waals surface area contributed by atoms with Gasteiger partial charge in [-0.15, -0.1) is 0 Å². The molecule has 2 heterocycles. The molecule has 1 aromatic rings. The second-order valence-electron chi connectivity index (χ2n) is 9.11. The van der Waals surface area contributed by atoms with E-state index in [-0.39, 0.29) is 46.5 Å². The van der Waals surface area contributed by atoms with E-state index in [1.54, 1.807) is 12.1 Å². The van der Waals surface area contributed by atoms with E-state index in [1.165, 1.54) is 13.0 Å². The summed E-state index contributed by atoms with van der Waals surface area (Å²) in [5.74, 6) is 0.570. The molecule has 5 rings (SSSR count). The lowest BCUT2D eigenvalue weighted by molar-refractivity contribution is -0.143. The fraction of sp³-hybridized carbons (Fsp3) is 0.619. The first-order valence-corrected chi connectivity index (χ1v) is 9.79. The second kappa shape index (κ2) is 5.74. The van der Waals surface area contributed by atoms with Crippen LogP contribution in [0.4, 0.5) is 13.2 Å².